The van der Waals surface area contributed by atoms with Gasteiger partial charge in [0.15, 0.2) is 11.5 Å². The van der Waals surface area contributed by atoms with Crippen molar-refractivity contribution >= 4 is 39.9 Å². The molecule has 0 fully saturated rings. The predicted octanol–water partition coefficient (Wildman–Crippen LogP) is 3.78. The number of carbonyl (C=O) groups excluding carboxylic acids is 1. The highest BCUT2D eigenvalue weighted by Crippen LogP contribution is 2.30. The van der Waals surface area contributed by atoms with Gasteiger partial charge >= 0.3 is 0 Å². The molecule has 0 heterocycles. The maximum Gasteiger partial charge on any atom is 0.234 e. The molecule has 1 aromatic rings. The van der Waals surface area contributed by atoms with E-state index in [2.05, 4.69) is 10.2 Å². The van der Waals surface area contributed by atoms with Crippen LogP contribution in [0, 0.1) is 0 Å². The largest absolute Gasteiger partial charge is 0.490 e. The summed E-state index contributed by atoms with van der Waals surface area (Å²) in [5, 5.41) is 2.87. The van der Waals surface area contributed by atoms with Crippen LogP contribution in [-0.2, 0) is 4.79 Å². The number of benzene rings is 1. The van der Waals surface area contributed by atoms with E-state index in [9.17, 15) is 4.79 Å². The molecule has 134 valence electrons. The fraction of sp³-hybridized carbons (Fsp3) is 0.529. The lowest BCUT2D eigenvalue weighted by molar-refractivity contribution is -0.113. The summed E-state index contributed by atoms with van der Waals surface area (Å²) in [5.41, 5.74) is 0.682. The summed E-state index contributed by atoms with van der Waals surface area (Å²) >= 11 is 6.71. The predicted molar refractivity (Wildman–Crippen MR) is 105 cm³/mol. The van der Waals surface area contributed by atoms with E-state index in [-0.39, 0.29) is 11.7 Å². The molecule has 0 spiro atoms. The number of carbonyl (C=O) groups is 1. The fourth-order valence-electron chi connectivity index (χ4n) is 2.03. The Bertz CT molecular complexity index is 549. The van der Waals surface area contributed by atoms with Crippen LogP contribution in [0.3, 0.4) is 0 Å². The summed E-state index contributed by atoms with van der Waals surface area (Å²) < 4.78 is 11.8. The molecule has 1 amide bonds. The molecule has 1 rings (SSSR count). The number of anilines is 1. The number of nitrogens with one attached hydrogen (secondary N) is 1. The molecular formula is C17H26N2O3S2. The van der Waals surface area contributed by atoms with Crippen LogP contribution in [-0.4, -0.2) is 47.2 Å². The van der Waals surface area contributed by atoms with Crippen molar-refractivity contribution in [1.29, 1.82) is 0 Å². The zero-order valence-electron chi connectivity index (χ0n) is 14.8. The molecule has 0 atom stereocenters. The molecule has 5 nitrogen and oxygen atoms in total. The highest BCUT2D eigenvalue weighted by atomic mass is 32.2. The molecule has 0 aliphatic rings. The second-order valence-corrected chi connectivity index (χ2v) is 6.41. The van der Waals surface area contributed by atoms with Crippen molar-refractivity contribution in [3.63, 3.8) is 0 Å². The third-order valence-corrected chi connectivity index (χ3v) is 4.70. The first-order chi connectivity index (χ1) is 11.5. The Morgan fingerprint density at radius 2 is 1.75 bits per heavy atom. The maximum atomic E-state index is 12.1. The smallest absolute Gasteiger partial charge is 0.234 e. The van der Waals surface area contributed by atoms with Crippen molar-refractivity contribution in [2.24, 2.45) is 0 Å². The van der Waals surface area contributed by atoms with Crippen LogP contribution in [0.2, 0.25) is 0 Å². The highest BCUT2D eigenvalue weighted by Gasteiger charge is 2.11. The van der Waals surface area contributed by atoms with E-state index in [1.807, 2.05) is 27.7 Å². The fourth-order valence-corrected chi connectivity index (χ4v) is 3.23. The van der Waals surface area contributed by atoms with Gasteiger partial charge in [-0.1, -0.05) is 24.0 Å². The van der Waals surface area contributed by atoms with Crippen LogP contribution < -0.4 is 14.8 Å². The van der Waals surface area contributed by atoms with Crippen LogP contribution in [0.4, 0.5) is 5.69 Å². The molecular weight excluding hydrogens is 344 g/mol. The summed E-state index contributed by atoms with van der Waals surface area (Å²) in [6.45, 7) is 10.7. The standard InChI is InChI=1S/C17H26N2O3S2/c1-5-19(6-2)17(23)24-12-16(20)18-13-9-10-14(21-7-3)15(11-13)22-8-4/h9-11H,5-8,12H2,1-4H3,(H,18,20). The quantitative estimate of drug-likeness (QED) is 0.668. The van der Waals surface area contributed by atoms with E-state index in [0.717, 1.165) is 17.4 Å². The van der Waals surface area contributed by atoms with Gasteiger partial charge in [-0.25, -0.2) is 0 Å². The number of rotatable bonds is 9. The Morgan fingerprint density at radius 3 is 2.33 bits per heavy atom. The summed E-state index contributed by atoms with van der Waals surface area (Å²) in [6, 6.07) is 5.39. The van der Waals surface area contributed by atoms with Crippen molar-refractivity contribution in [2.75, 3.05) is 37.4 Å². The molecule has 0 saturated heterocycles. The zero-order chi connectivity index (χ0) is 17.9. The summed E-state index contributed by atoms with van der Waals surface area (Å²) in [7, 11) is 0. The first-order valence-corrected chi connectivity index (χ1v) is 9.56. The molecule has 0 radical (unpaired) electrons. The van der Waals surface area contributed by atoms with E-state index in [1.165, 1.54) is 11.8 Å². The number of amides is 1. The van der Waals surface area contributed by atoms with Gasteiger partial charge in [-0.2, -0.15) is 0 Å². The third kappa shape index (κ3) is 6.57. The lowest BCUT2D eigenvalue weighted by atomic mass is 10.2. The van der Waals surface area contributed by atoms with Gasteiger partial charge in [0.05, 0.1) is 19.0 Å². The average Bonchev–Trinajstić information content (AvgIpc) is 2.57. The van der Waals surface area contributed by atoms with Crippen LogP contribution >= 0.6 is 24.0 Å². The van der Waals surface area contributed by atoms with Crippen LogP contribution in [0.1, 0.15) is 27.7 Å². The van der Waals surface area contributed by atoms with Crippen LogP contribution in [0.15, 0.2) is 18.2 Å². The number of ether oxygens (including phenoxy) is 2. The number of hydrogen-bond acceptors (Lipinski definition) is 5. The molecule has 0 aliphatic heterocycles. The van der Waals surface area contributed by atoms with Gasteiger partial charge in [-0.3, -0.25) is 4.79 Å². The van der Waals surface area contributed by atoms with Crippen molar-refractivity contribution in [3.8, 4) is 11.5 Å². The van der Waals surface area contributed by atoms with Crippen LogP contribution in [0.25, 0.3) is 0 Å². The lowest BCUT2D eigenvalue weighted by Crippen LogP contribution is -2.28. The van der Waals surface area contributed by atoms with Gasteiger partial charge in [0.1, 0.15) is 4.32 Å². The summed E-state index contributed by atoms with van der Waals surface area (Å²) in [4.78, 5) is 14.2. The SMILES string of the molecule is CCOc1ccc(NC(=O)CSC(=S)N(CC)CC)cc1OCC. The van der Waals surface area contributed by atoms with Gasteiger partial charge in [0.2, 0.25) is 5.91 Å². The van der Waals surface area contributed by atoms with Gasteiger partial charge in [0.25, 0.3) is 0 Å². The Morgan fingerprint density at radius 1 is 1.12 bits per heavy atom. The summed E-state index contributed by atoms with van der Waals surface area (Å²) in [6.07, 6.45) is 0. The number of hydrogen-bond donors (Lipinski definition) is 1. The van der Waals surface area contributed by atoms with E-state index < -0.39 is 0 Å². The minimum atomic E-state index is -0.0962. The monoisotopic (exact) mass is 370 g/mol. The minimum Gasteiger partial charge on any atom is -0.490 e. The Labute approximate surface area is 154 Å². The topological polar surface area (TPSA) is 50.8 Å². The normalized spacial score (nSPS) is 10.2. The van der Waals surface area contributed by atoms with Gasteiger partial charge in [-0.05, 0) is 39.8 Å². The number of thiocarbonyl (C=S) groups is 1. The van der Waals surface area contributed by atoms with E-state index in [0.29, 0.717) is 30.4 Å². The highest BCUT2D eigenvalue weighted by molar-refractivity contribution is 8.23. The Kier molecular flexibility index (Phi) is 9.56. The molecule has 0 bridgehead atoms. The number of nitrogens with zero attached hydrogens (tertiary/aromatic N) is 1. The molecule has 1 aromatic carbocycles. The van der Waals surface area contributed by atoms with Crippen molar-refractivity contribution in [1.82, 2.24) is 4.90 Å². The van der Waals surface area contributed by atoms with Crippen molar-refractivity contribution < 1.29 is 14.3 Å². The van der Waals surface area contributed by atoms with E-state index in [4.69, 9.17) is 21.7 Å². The third-order valence-electron chi connectivity index (χ3n) is 3.18. The molecule has 24 heavy (non-hydrogen) atoms. The second kappa shape index (κ2) is 11.1. The Balaban J connectivity index is 2.63. The molecule has 0 unspecified atom stereocenters. The first kappa shape index (κ1) is 20.6. The maximum absolute atomic E-state index is 12.1. The van der Waals surface area contributed by atoms with Crippen molar-refractivity contribution in [2.45, 2.75) is 27.7 Å². The van der Waals surface area contributed by atoms with Gasteiger partial charge in [0, 0.05) is 24.8 Å². The minimum absolute atomic E-state index is 0.0962. The zero-order valence-corrected chi connectivity index (χ0v) is 16.4. The number of thioether (sulfide) groups is 1. The Hall–Kier alpha value is -1.47. The van der Waals surface area contributed by atoms with Gasteiger partial charge < -0.3 is 19.7 Å². The second-order valence-electron chi connectivity index (χ2n) is 4.80. The van der Waals surface area contributed by atoms with Crippen molar-refractivity contribution in [3.05, 3.63) is 18.2 Å². The lowest BCUT2D eigenvalue weighted by Gasteiger charge is -2.20. The molecule has 0 saturated carbocycles. The van der Waals surface area contributed by atoms with Crippen LogP contribution in [0.5, 0.6) is 11.5 Å². The molecule has 7 heteroatoms. The summed E-state index contributed by atoms with van der Waals surface area (Å²) in [5.74, 6) is 1.49. The van der Waals surface area contributed by atoms with E-state index in [1.54, 1.807) is 18.2 Å². The molecule has 1 N–H and O–H groups in total. The van der Waals surface area contributed by atoms with Gasteiger partial charge in [-0.15, -0.1) is 0 Å². The molecule has 0 aromatic heterocycles. The van der Waals surface area contributed by atoms with E-state index >= 15 is 0 Å². The average molecular weight is 371 g/mol. The molecule has 0 aliphatic carbocycles. The first-order valence-electron chi connectivity index (χ1n) is 8.16.